The van der Waals surface area contributed by atoms with Gasteiger partial charge in [-0.25, -0.2) is 8.78 Å². The number of H-pyrrole nitrogens is 1. The van der Waals surface area contributed by atoms with Gasteiger partial charge in [-0.1, -0.05) is 23.4 Å². The van der Waals surface area contributed by atoms with Crippen LogP contribution in [0.1, 0.15) is 25.0 Å². The van der Waals surface area contributed by atoms with Gasteiger partial charge >= 0.3 is 0 Å². The highest BCUT2D eigenvalue weighted by Gasteiger charge is 2.41. The number of aromatic nitrogens is 1. The Morgan fingerprint density at radius 2 is 1.89 bits per heavy atom. The van der Waals surface area contributed by atoms with Gasteiger partial charge in [-0.15, -0.1) is 0 Å². The van der Waals surface area contributed by atoms with E-state index < -0.39 is 23.3 Å². The summed E-state index contributed by atoms with van der Waals surface area (Å²) in [6.45, 7) is 5.30. The summed E-state index contributed by atoms with van der Waals surface area (Å²) < 4.78 is 30.2. The number of benzene rings is 2. The van der Waals surface area contributed by atoms with Gasteiger partial charge in [-0.05, 0) is 32.4 Å². The van der Waals surface area contributed by atoms with Crippen molar-refractivity contribution in [3.63, 3.8) is 0 Å². The molecule has 28 heavy (non-hydrogen) atoms. The minimum Gasteiger partial charge on any atom is -0.399 e. The van der Waals surface area contributed by atoms with Gasteiger partial charge in [0.15, 0.2) is 11.6 Å². The van der Waals surface area contributed by atoms with Gasteiger partial charge in [0.05, 0.1) is 16.7 Å². The van der Waals surface area contributed by atoms with Gasteiger partial charge in [0.25, 0.3) is 0 Å². The molecule has 3 N–H and O–H groups in total. The number of halogens is 2. The van der Waals surface area contributed by atoms with E-state index in [4.69, 9.17) is 4.84 Å². The van der Waals surface area contributed by atoms with Crippen LogP contribution in [0.4, 0.5) is 14.5 Å². The SMILES string of the molecule is CO/N=C1\c2cc(-c3cccc4c(C)c[nH]c34)c(F)c(F)c2NC(C)(C)C1O. The Morgan fingerprint density at radius 3 is 2.61 bits per heavy atom. The maximum Gasteiger partial charge on any atom is 0.183 e. The second-order valence-electron chi connectivity index (χ2n) is 7.58. The third-order valence-electron chi connectivity index (χ3n) is 5.27. The monoisotopic (exact) mass is 385 g/mol. The molecule has 1 aromatic heterocycles. The van der Waals surface area contributed by atoms with Crippen LogP contribution in [0.2, 0.25) is 0 Å². The van der Waals surface area contributed by atoms with Gasteiger partial charge in [0.1, 0.15) is 18.9 Å². The normalized spacial score (nSPS) is 19.5. The van der Waals surface area contributed by atoms with E-state index in [0.717, 1.165) is 10.9 Å². The zero-order chi connectivity index (χ0) is 20.2. The molecular formula is C21H21F2N3O2. The number of anilines is 1. The second kappa shape index (κ2) is 6.31. The fraction of sp³-hybridized carbons (Fsp3) is 0.286. The van der Waals surface area contributed by atoms with Crippen molar-refractivity contribution in [2.75, 3.05) is 12.4 Å². The molecule has 146 valence electrons. The third kappa shape index (κ3) is 2.57. The molecule has 2 heterocycles. The predicted octanol–water partition coefficient (Wildman–Crippen LogP) is 4.34. The molecule has 1 aliphatic rings. The van der Waals surface area contributed by atoms with Crippen molar-refractivity contribution < 1.29 is 18.7 Å². The van der Waals surface area contributed by atoms with Crippen molar-refractivity contribution in [1.82, 2.24) is 4.98 Å². The molecule has 1 unspecified atom stereocenters. The minimum absolute atomic E-state index is 0.0396. The lowest BCUT2D eigenvalue weighted by Gasteiger charge is -2.39. The molecule has 1 aliphatic heterocycles. The van der Waals surface area contributed by atoms with E-state index in [9.17, 15) is 5.11 Å². The summed E-state index contributed by atoms with van der Waals surface area (Å²) in [5.41, 5.74) is 1.77. The van der Waals surface area contributed by atoms with Crippen LogP contribution in [0.15, 0.2) is 35.6 Å². The Bertz CT molecular complexity index is 1120. The summed E-state index contributed by atoms with van der Waals surface area (Å²) in [5.74, 6) is -1.98. The Balaban J connectivity index is 2.03. The molecule has 0 bridgehead atoms. The molecule has 0 saturated carbocycles. The number of fused-ring (bicyclic) bond motifs is 2. The summed E-state index contributed by atoms with van der Waals surface area (Å²) in [4.78, 5) is 8.00. The maximum atomic E-state index is 15.1. The van der Waals surface area contributed by atoms with Gasteiger partial charge in [0.2, 0.25) is 0 Å². The number of aromatic amines is 1. The van der Waals surface area contributed by atoms with Crippen molar-refractivity contribution in [1.29, 1.82) is 0 Å². The summed E-state index contributed by atoms with van der Waals surface area (Å²) in [6, 6.07) is 6.95. The standard InChI is InChI=1S/C21H21F2N3O2/c1-10-9-24-17-11(10)6-5-7-12(17)13-8-14-18(16(23)15(13)22)25-21(2,3)20(27)19(14)26-28-4/h5-9,20,24-25,27H,1-4H3/b26-19+. The first kappa shape index (κ1) is 18.4. The number of nitrogens with zero attached hydrogens (tertiary/aromatic N) is 1. The summed E-state index contributed by atoms with van der Waals surface area (Å²) in [7, 11) is 1.34. The lowest BCUT2D eigenvalue weighted by molar-refractivity contribution is 0.159. The van der Waals surface area contributed by atoms with E-state index in [-0.39, 0.29) is 22.5 Å². The van der Waals surface area contributed by atoms with E-state index in [0.29, 0.717) is 11.1 Å². The minimum atomic E-state index is -1.07. The van der Waals surface area contributed by atoms with E-state index in [2.05, 4.69) is 15.5 Å². The van der Waals surface area contributed by atoms with Gasteiger partial charge in [-0.2, -0.15) is 0 Å². The number of hydrogen-bond donors (Lipinski definition) is 3. The van der Waals surface area contributed by atoms with Crippen LogP contribution in [0.3, 0.4) is 0 Å². The topological polar surface area (TPSA) is 69.6 Å². The summed E-state index contributed by atoms with van der Waals surface area (Å²) in [6.07, 6.45) is 0.758. The van der Waals surface area contributed by atoms with Crippen LogP contribution in [0.25, 0.3) is 22.0 Å². The molecule has 0 amide bonds. The number of hydrogen-bond acceptors (Lipinski definition) is 4. The van der Waals surface area contributed by atoms with Crippen LogP contribution in [0, 0.1) is 18.6 Å². The summed E-state index contributed by atoms with van der Waals surface area (Å²) >= 11 is 0. The number of para-hydroxylation sites is 1. The quantitative estimate of drug-likeness (QED) is 0.575. The number of rotatable bonds is 2. The van der Waals surface area contributed by atoms with Crippen molar-refractivity contribution in [2.45, 2.75) is 32.4 Å². The van der Waals surface area contributed by atoms with Gasteiger partial charge < -0.3 is 20.2 Å². The molecule has 5 nitrogen and oxygen atoms in total. The van der Waals surface area contributed by atoms with Crippen LogP contribution in [-0.4, -0.2) is 34.6 Å². The molecule has 7 heteroatoms. The molecule has 2 aromatic carbocycles. The first-order chi connectivity index (χ1) is 13.3. The Labute approximate surface area is 161 Å². The molecule has 1 atom stereocenters. The smallest absolute Gasteiger partial charge is 0.183 e. The number of oxime groups is 1. The lowest BCUT2D eigenvalue weighted by atomic mass is 9.83. The van der Waals surface area contributed by atoms with Crippen LogP contribution in [-0.2, 0) is 4.84 Å². The van der Waals surface area contributed by atoms with Crippen molar-refractivity contribution >= 4 is 22.3 Å². The number of aryl methyl sites for hydroxylation is 1. The van der Waals surface area contributed by atoms with Crippen molar-refractivity contribution in [2.24, 2.45) is 5.16 Å². The highest BCUT2D eigenvalue weighted by atomic mass is 19.2. The average Bonchev–Trinajstić information content (AvgIpc) is 3.04. The Morgan fingerprint density at radius 1 is 1.14 bits per heavy atom. The van der Waals surface area contributed by atoms with Crippen molar-refractivity contribution in [3.8, 4) is 11.1 Å². The zero-order valence-electron chi connectivity index (χ0n) is 16.0. The zero-order valence-corrected chi connectivity index (χ0v) is 16.0. The van der Waals surface area contributed by atoms with Crippen LogP contribution >= 0.6 is 0 Å². The highest BCUT2D eigenvalue weighted by molar-refractivity contribution is 6.11. The van der Waals surface area contributed by atoms with Crippen LogP contribution < -0.4 is 5.32 Å². The van der Waals surface area contributed by atoms with E-state index in [1.165, 1.54) is 13.2 Å². The molecule has 0 saturated heterocycles. The van der Waals surface area contributed by atoms with Gasteiger partial charge in [0, 0.05) is 28.3 Å². The number of aliphatic hydroxyl groups excluding tert-OH is 1. The Hall–Kier alpha value is -2.93. The Kier molecular flexibility index (Phi) is 4.15. The van der Waals surface area contributed by atoms with Gasteiger partial charge in [-0.3, -0.25) is 0 Å². The number of aliphatic hydroxyl groups is 1. The lowest BCUT2D eigenvalue weighted by Crippen LogP contribution is -2.52. The fourth-order valence-electron chi connectivity index (χ4n) is 3.74. The van der Waals surface area contributed by atoms with Crippen molar-refractivity contribution in [3.05, 3.63) is 53.2 Å². The molecule has 3 aromatic rings. The number of nitrogens with one attached hydrogen (secondary N) is 2. The predicted molar refractivity (Wildman–Crippen MR) is 106 cm³/mol. The molecule has 4 rings (SSSR count). The van der Waals surface area contributed by atoms with E-state index in [1.807, 2.05) is 19.2 Å². The van der Waals surface area contributed by atoms with E-state index >= 15 is 8.78 Å². The molecular weight excluding hydrogens is 364 g/mol. The first-order valence-corrected chi connectivity index (χ1v) is 8.93. The molecule has 0 spiro atoms. The average molecular weight is 385 g/mol. The molecule has 0 aliphatic carbocycles. The maximum absolute atomic E-state index is 15.1. The van der Waals surface area contributed by atoms with Crippen LogP contribution in [0.5, 0.6) is 0 Å². The highest BCUT2D eigenvalue weighted by Crippen LogP contribution is 2.40. The first-order valence-electron chi connectivity index (χ1n) is 8.93. The molecule has 0 radical (unpaired) electrons. The third-order valence-corrected chi connectivity index (χ3v) is 5.27. The fourth-order valence-corrected chi connectivity index (χ4v) is 3.74. The summed E-state index contributed by atoms with van der Waals surface area (Å²) in [5, 5.41) is 18.4. The second-order valence-corrected chi connectivity index (χ2v) is 7.58. The largest absolute Gasteiger partial charge is 0.399 e. The molecule has 0 fully saturated rings. The van der Waals surface area contributed by atoms with E-state index in [1.54, 1.807) is 26.0 Å².